The summed E-state index contributed by atoms with van der Waals surface area (Å²) in [4.78, 5) is 1.74. The number of nitrogens with zero attached hydrogens (tertiary/aromatic N) is 1. The predicted octanol–water partition coefficient (Wildman–Crippen LogP) is 1.90. The first-order valence-electron chi connectivity index (χ1n) is 4.50. The van der Waals surface area contributed by atoms with Crippen molar-refractivity contribution in [2.75, 3.05) is 14.1 Å². The highest BCUT2D eigenvalue weighted by Crippen LogP contribution is 2.23. The van der Waals surface area contributed by atoms with E-state index >= 15 is 0 Å². The van der Waals surface area contributed by atoms with Crippen LogP contribution in [0.2, 0.25) is 0 Å². The van der Waals surface area contributed by atoms with Gasteiger partial charge in [-0.1, -0.05) is 0 Å². The number of rotatable bonds is 1. The van der Waals surface area contributed by atoms with E-state index in [1.165, 1.54) is 0 Å². The minimum atomic E-state index is 0.320. The van der Waals surface area contributed by atoms with E-state index in [4.69, 9.17) is 5.41 Å². The zero-order chi connectivity index (χ0) is 10.9. The van der Waals surface area contributed by atoms with Gasteiger partial charge >= 0.3 is 0 Å². The lowest BCUT2D eigenvalue weighted by Gasteiger charge is -2.15. The van der Waals surface area contributed by atoms with Gasteiger partial charge in [0, 0.05) is 19.7 Å². The molecule has 0 bridgehead atoms. The second kappa shape index (κ2) is 3.70. The van der Waals surface area contributed by atoms with Gasteiger partial charge in [0.05, 0.1) is 0 Å². The number of phenolic OH excluding ortho intramolecular Hbond substituents is 1. The second-order valence-electron chi connectivity index (χ2n) is 3.70. The van der Waals surface area contributed by atoms with Crippen LogP contribution in [0.4, 0.5) is 0 Å². The Morgan fingerprint density at radius 3 is 2.00 bits per heavy atom. The van der Waals surface area contributed by atoms with Crippen LogP contribution in [0.3, 0.4) is 0 Å². The summed E-state index contributed by atoms with van der Waals surface area (Å²) in [7, 11) is 3.67. The summed E-state index contributed by atoms with van der Waals surface area (Å²) in [6, 6.07) is 3.65. The molecule has 0 atom stereocenters. The molecule has 0 saturated carbocycles. The van der Waals surface area contributed by atoms with E-state index < -0.39 is 0 Å². The molecule has 2 N–H and O–H groups in total. The van der Waals surface area contributed by atoms with Gasteiger partial charge in [-0.3, -0.25) is 5.41 Å². The number of amidine groups is 1. The fourth-order valence-corrected chi connectivity index (χ4v) is 1.35. The maximum absolute atomic E-state index is 9.57. The smallest absolute Gasteiger partial charge is 0.127 e. The van der Waals surface area contributed by atoms with Crippen LogP contribution in [-0.2, 0) is 0 Å². The topological polar surface area (TPSA) is 47.3 Å². The fraction of sp³-hybridized carbons (Fsp3) is 0.364. The monoisotopic (exact) mass is 192 g/mol. The van der Waals surface area contributed by atoms with E-state index in [9.17, 15) is 5.11 Å². The number of hydrogen-bond acceptors (Lipinski definition) is 2. The third-order valence-corrected chi connectivity index (χ3v) is 2.21. The first-order chi connectivity index (χ1) is 6.43. The molecule has 0 radical (unpaired) electrons. The molecule has 0 fully saturated rings. The zero-order valence-electron chi connectivity index (χ0n) is 9.05. The molecule has 0 unspecified atom stereocenters. The Morgan fingerprint density at radius 1 is 1.21 bits per heavy atom. The van der Waals surface area contributed by atoms with Crippen molar-refractivity contribution >= 4 is 5.84 Å². The maximum Gasteiger partial charge on any atom is 0.127 e. The van der Waals surface area contributed by atoms with Crippen molar-refractivity contribution in [1.29, 1.82) is 5.41 Å². The molecule has 0 spiro atoms. The fourth-order valence-electron chi connectivity index (χ4n) is 1.35. The highest BCUT2D eigenvalue weighted by Gasteiger charge is 2.08. The third kappa shape index (κ3) is 1.87. The van der Waals surface area contributed by atoms with E-state index in [0.717, 1.165) is 16.7 Å². The molecule has 3 heteroatoms. The van der Waals surface area contributed by atoms with Crippen LogP contribution >= 0.6 is 0 Å². The molecule has 0 aliphatic heterocycles. The van der Waals surface area contributed by atoms with Gasteiger partial charge in [0.2, 0.25) is 0 Å². The van der Waals surface area contributed by atoms with Gasteiger partial charge in [-0.25, -0.2) is 0 Å². The predicted molar refractivity (Wildman–Crippen MR) is 58.1 cm³/mol. The number of aromatic hydroxyl groups is 1. The Kier molecular flexibility index (Phi) is 2.79. The number of phenols is 1. The Bertz CT molecular complexity index is 347. The summed E-state index contributed by atoms with van der Waals surface area (Å²) in [6.45, 7) is 3.68. The molecule has 0 heterocycles. The number of aryl methyl sites for hydroxylation is 2. The van der Waals surface area contributed by atoms with Crippen LogP contribution in [0.5, 0.6) is 5.75 Å². The number of benzene rings is 1. The summed E-state index contributed by atoms with van der Waals surface area (Å²) in [5.74, 6) is 0.775. The molecule has 1 rings (SSSR count). The average molecular weight is 192 g/mol. The molecule has 76 valence electrons. The largest absolute Gasteiger partial charge is 0.507 e. The van der Waals surface area contributed by atoms with Crippen molar-refractivity contribution in [2.45, 2.75) is 13.8 Å². The van der Waals surface area contributed by atoms with Gasteiger partial charge in [-0.2, -0.15) is 0 Å². The van der Waals surface area contributed by atoms with E-state index in [-0.39, 0.29) is 0 Å². The van der Waals surface area contributed by atoms with Gasteiger partial charge in [-0.05, 0) is 37.1 Å². The van der Waals surface area contributed by atoms with Gasteiger partial charge in [0.1, 0.15) is 11.6 Å². The molecule has 0 aliphatic carbocycles. The SMILES string of the molecule is Cc1cc(C(=N)N(C)C)cc(C)c1O. The molecular formula is C11H16N2O. The number of nitrogens with one attached hydrogen (secondary N) is 1. The summed E-state index contributed by atoms with van der Waals surface area (Å²) in [5, 5.41) is 17.4. The molecule has 0 aliphatic rings. The minimum absolute atomic E-state index is 0.320. The first kappa shape index (κ1) is 10.6. The zero-order valence-corrected chi connectivity index (χ0v) is 9.05. The van der Waals surface area contributed by atoms with Crippen molar-refractivity contribution < 1.29 is 5.11 Å². The molecular weight excluding hydrogens is 176 g/mol. The van der Waals surface area contributed by atoms with E-state index in [2.05, 4.69) is 0 Å². The summed E-state index contributed by atoms with van der Waals surface area (Å²) in [5.41, 5.74) is 2.46. The standard InChI is InChI=1S/C11H16N2O/c1-7-5-9(11(12)13(3)4)6-8(2)10(7)14/h5-6,12,14H,1-4H3. The summed E-state index contributed by atoms with van der Waals surface area (Å²) < 4.78 is 0. The van der Waals surface area contributed by atoms with Crippen LogP contribution < -0.4 is 0 Å². The highest BCUT2D eigenvalue weighted by atomic mass is 16.3. The van der Waals surface area contributed by atoms with Gasteiger partial charge in [0.25, 0.3) is 0 Å². The molecule has 0 amide bonds. The van der Waals surface area contributed by atoms with Crippen LogP contribution in [0.1, 0.15) is 16.7 Å². The number of hydrogen-bond donors (Lipinski definition) is 2. The van der Waals surface area contributed by atoms with Crippen molar-refractivity contribution in [3.8, 4) is 5.75 Å². The summed E-state index contributed by atoms with van der Waals surface area (Å²) in [6.07, 6.45) is 0. The first-order valence-corrected chi connectivity index (χ1v) is 4.50. The third-order valence-electron chi connectivity index (χ3n) is 2.21. The Labute approximate surface area is 84.5 Å². The molecule has 0 saturated heterocycles. The van der Waals surface area contributed by atoms with Crippen LogP contribution in [0.25, 0.3) is 0 Å². The molecule has 1 aromatic rings. The van der Waals surface area contributed by atoms with Crippen LogP contribution in [0.15, 0.2) is 12.1 Å². The van der Waals surface area contributed by atoms with Gasteiger partial charge in [0.15, 0.2) is 0 Å². The van der Waals surface area contributed by atoms with Crippen LogP contribution in [0, 0.1) is 19.3 Å². The minimum Gasteiger partial charge on any atom is -0.507 e. The summed E-state index contributed by atoms with van der Waals surface area (Å²) >= 11 is 0. The Morgan fingerprint density at radius 2 is 1.64 bits per heavy atom. The van der Waals surface area contributed by atoms with E-state index in [1.54, 1.807) is 4.90 Å². The van der Waals surface area contributed by atoms with Crippen LogP contribution in [-0.4, -0.2) is 29.9 Å². The quantitative estimate of drug-likeness (QED) is 0.527. The van der Waals surface area contributed by atoms with E-state index in [1.807, 2.05) is 40.1 Å². The molecule has 0 aromatic heterocycles. The average Bonchev–Trinajstić information content (AvgIpc) is 2.12. The molecule has 3 nitrogen and oxygen atoms in total. The lowest BCUT2D eigenvalue weighted by molar-refractivity contribution is 0.467. The van der Waals surface area contributed by atoms with Gasteiger partial charge in [-0.15, -0.1) is 0 Å². The Hall–Kier alpha value is -1.51. The molecule has 14 heavy (non-hydrogen) atoms. The van der Waals surface area contributed by atoms with E-state index in [0.29, 0.717) is 11.6 Å². The Balaban J connectivity index is 3.19. The molecule has 1 aromatic carbocycles. The maximum atomic E-state index is 9.57. The van der Waals surface area contributed by atoms with Crippen molar-refractivity contribution in [3.63, 3.8) is 0 Å². The second-order valence-corrected chi connectivity index (χ2v) is 3.70. The lowest BCUT2D eigenvalue weighted by atomic mass is 10.0. The van der Waals surface area contributed by atoms with Crippen molar-refractivity contribution in [1.82, 2.24) is 4.90 Å². The highest BCUT2D eigenvalue weighted by molar-refractivity contribution is 5.96. The normalized spacial score (nSPS) is 10.0. The van der Waals surface area contributed by atoms with Gasteiger partial charge < -0.3 is 10.0 Å². The van der Waals surface area contributed by atoms with Crippen molar-refractivity contribution in [3.05, 3.63) is 28.8 Å². The van der Waals surface area contributed by atoms with Crippen molar-refractivity contribution in [2.24, 2.45) is 0 Å². The lowest BCUT2D eigenvalue weighted by Crippen LogP contribution is -2.21.